The van der Waals surface area contributed by atoms with Gasteiger partial charge in [0.15, 0.2) is 0 Å². The van der Waals surface area contributed by atoms with Crippen LogP contribution in [0.5, 0.6) is 0 Å². The van der Waals surface area contributed by atoms with Crippen molar-refractivity contribution in [3.8, 4) is 0 Å². The topological polar surface area (TPSA) is 62.0 Å². The molecule has 4 nitrogen and oxygen atoms in total. The fourth-order valence-electron chi connectivity index (χ4n) is 2.63. The number of hydrogen-bond acceptors (Lipinski definition) is 2. The molecule has 0 bridgehead atoms. The van der Waals surface area contributed by atoms with Gasteiger partial charge in [-0.25, -0.2) is 0 Å². The number of halogens is 1. The van der Waals surface area contributed by atoms with Gasteiger partial charge in [0.1, 0.15) is 5.56 Å². The molecule has 0 aliphatic rings. The summed E-state index contributed by atoms with van der Waals surface area (Å²) in [7, 11) is 0. The number of nitrogens with one attached hydrogen (secondary N) is 2. The van der Waals surface area contributed by atoms with Crippen molar-refractivity contribution in [2.24, 2.45) is 0 Å². The van der Waals surface area contributed by atoms with Crippen molar-refractivity contribution in [1.29, 1.82) is 0 Å². The molecular weight excluding hydrogens is 312 g/mol. The molecule has 0 radical (unpaired) electrons. The molecule has 0 fully saturated rings. The Balaban J connectivity index is 2.01. The Kier molecular flexibility index (Phi) is 3.92. The third kappa shape index (κ3) is 2.98. The van der Waals surface area contributed by atoms with Gasteiger partial charge in [0.05, 0.1) is 10.5 Å². The largest absolute Gasteiger partial charge is 0.359 e. The lowest BCUT2D eigenvalue weighted by atomic mass is 10.1. The molecule has 5 heteroatoms. The summed E-state index contributed by atoms with van der Waals surface area (Å²) in [5.41, 5.74) is 2.99. The first kappa shape index (κ1) is 15.3. The Labute approximate surface area is 138 Å². The fourth-order valence-corrected chi connectivity index (χ4v) is 2.86. The number of para-hydroxylation sites is 1. The minimum absolute atomic E-state index is 0.0546. The Bertz CT molecular complexity index is 956. The summed E-state index contributed by atoms with van der Waals surface area (Å²) in [4.78, 5) is 27.9. The van der Waals surface area contributed by atoms with Crippen LogP contribution in [-0.4, -0.2) is 10.9 Å². The number of aromatic amines is 1. The third-order valence-corrected chi connectivity index (χ3v) is 3.90. The molecule has 1 aromatic heterocycles. The molecule has 1 amide bonds. The van der Waals surface area contributed by atoms with E-state index in [-0.39, 0.29) is 11.0 Å². The summed E-state index contributed by atoms with van der Waals surface area (Å²) < 4.78 is 0. The zero-order valence-corrected chi connectivity index (χ0v) is 13.5. The molecule has 3 rings (SSSR count). The van der Waals surface area contributed by atoms with Crippen molar-refractivity contribution < 1.29 is 4.79 Å². The lowest BCUT2D eigenvalue weighted by Gasteiger charge is -2.08. The zero-order valence-electron chi connectivity index (χ0n) is 12.7. The molecule has 0 atom stereocenters. The third-order valence-electron chi connectivity index (χ3n) is 3.59. The van der Waals surface area contributed by atoms with Crippen LogP contribution in [0.2, 0.25) is 5.02 Å². The Morgan fingerprint density at radius 1 is 1.13 bits per heavy atom. The SMILES string of the molecule is Cc1cc(C)cc(NC(=O)c2c[nH]c3c(Cl)cccc3c2=O)c1. The number of hydrogen-bond donors (Lipinski definition) is 2. The van der Waals surface area contributed by atoms with Gasteiger partial charge >= 0.3 is 0 Å². The highest BCUT2D eigenvalue weighted by atomic mass is 35.5. The van der Waals surface area contributed by atoms with Crippen LogP contribution in [0.25, 0.3) is 10.9 Å². The number of carbonyl (C=O) groups is 1. The minimum atomic E-state index is -0.446. The van der Waals surface area contributed by atoms with Crippen molar-refractivity contribution in [3.05, 3.63) is 74.5 Å². The predicted molar refractivity (Wildman–Crippen MR) is 93.4 cm³/mol. The molecule has 0 unspecified atom stereocenters. The standard InChI is InChI=1S/C18H15ClN2O2/c1-10-6-11(2)8-12(7-10)21-18(23)14-9-20-16-13(17(14)22)4-3-5-15(16)19/h3-9H,1-2H3,(H,20,22)(H,21,23). The van der Waals surface area contributed by atoms with Gasteiger partial charge in [-0.15, -0.1) is 0 Å². The molecule has 0 saturated heterocycles. The molecule has 0 saturated carbocycles. The van der Waals surface area contributed by atoms with Gasteiger partial charge < -0.3 is 10.3 Å². The van der Waals surface area contributed by atoms with Crippen LogP contribution in [0.15, 0.2) is 47.4 Å². The van der Waals surface area contributed by atoms with Crippen LogP contribution in [0, 0.1) is 13.8 Å². The number of carbonyl (C=O) groups excluding carboxylic acids is 1. The van der Waals surface area contributed by atoms with Crippen molar-refractivity contribution in [1.82, 2.24) is 4.98 Å². The van der Waals surface area contributed by atoms with Gasteiger partial charge in [-0.1, -0.05) is 23.7 Å². The van der Waals surface area contributed by atoms with E-state index < -0.39 is 5.91 Å². The van der Waals surface area contributed by atoms with Gasteiger partial charge in [-0.2, -0.15) is 0 Å². The number of fused-ring (bicyclic) bond motifs is 1. The molecular formula is C18H15ClN2O2. The van der Waals surface area contributed by atoms with E-state index >= 15 is 0 Å². The van der Waals surface area contributed by atoms with E-state index in [4.69, 9.17) is 11.6 Å². The van der Waals surface area contributed by atoms with Gasteiger partial charge in [0.2, 0.25) is 5.43 Å². The zero-order chi connectivity index (χ0) is 16.6. The van der Waals surface area contributed by atoms with Gasteiger partial charge in [-0.05, 0) is 49.2 Å². The highest BCUT2D eigenvalue weighted by Gasteiger charge is 2.14. The Morgan fingerprint density at radius 3 is 2.52 bits per heavy atom. The first-order valence-electron chi connectivity index (χ1n) is 7.15. The summed E-state index contributed by atoms with van der Waals surface area (Å²) in [6.07, 6.45) is 1.40. The molecule has 3 aromatic rings. The molecule has 0 aliphatic carbocycles. The quantitative estimate of drug-likeness (QED) is 0.746. The van der Waals surface area contributed by atoms with E-state index in [0.29, 0.717) is 21.6 Å². The monoisotopic (exact) mass is 326 g/mol. The summed E-state index contributed by atoms with van der Waals surface area (Å²) in [5, 5.41) is 3.61. The van der Waals surface area contributed by atoms with Crippen LogP contribution >= 0.6 is 11.6 Å². The number of rotatable bonds is 2. The second-order valence-electron chi connectivity index (χ2n) is 5.52. The van der Waals surface area contributed by atoms with Crippen molar-refractivity contribution in [2.75, 3.05) is 5.32 Å². The molecule has 0 spiro atoms. The van der Waals surface area contributed by atoms with Crippen LogP contribution in [0.4, 0.5) is 5.69 Å². The molecule has 0 aliphatic heterocycles. The maximum atomic E-state index is 12.5. The van der Waals surface area contributed by atoms with Crippen LogP contribution in [-0.2, 0) is 0 Å². The number of anilines is 1. The summed E-state index contributed by atoms with van der Waals surface area (Å²) in [5.74, 6) is -0.446. The number of pyridine rings is 1. The van der Waals surface area contributed by atoms with Gasteiger partial charge in [0, 0.05) is 17.3 Å². The van der Waals surface area contributed by atoms with Crippen molar-refractivity contribution in [3.63, 3.8) is 0 Å². The lowest BCUT2D eigenvalue weighted by Crippen LogP contribution is -2.22. The highest BCUT2D eigenvalue weighted by Crippen LogP contribution is 2.19. The van der Waals surface area contributed by atoms with Crippen LogP contribution in [0.1, 0.15) is 21.5 Å². The first-order valence-corrected chi connectivity index (χ1v) is 7.53. The summed E-state index contributed by atoms with van der Waals surface area (Å²) >= 11 is 6.05. The smallest absolute Gasteiger partial charge is 0.261 e. The van der Waals surface area contributed by atoms with E-state index in [1.807, 2.05) is 32.0 Å². The number of H-pyrrole nitrogens is 1. The van der Waals surface area contributed by atoms with Crippen LogP contribution in [0.3, 0.4) is 0 Å². The first-order chi connectivity index (χ1) is 11.0. The Hall–Kier alpha value is -2.59. The average Bonchev–Trinajstić information content (AvgIpc) is 2.47. The predicted octanol–water partition coefficient (Wildman–Crippen LogP) is 4.05. The maximum absolute atomic E-state index is 12.5. The maximum Gasteiger partial charge on any atom is 0.261 e. The van der Waals surface area contributed by atoms with E-state index in [0.717, 1.165) is 11.1 Å². The van der Waals surface area contributed by atoms with E-state index in [9.17, 15) is 9.59 Å². The van der Waals surface area contributed by atoms with Crippen molar-refractivity contribution >= 4 is 34.1 Å². The second kappa shape index (κ2) is 5.89. The fraction of sp³-hybridized carbons (Fsp3) is 0.111. The molecule has 2 N–H and O–H groups in total. The summed E-state index contributed by atoms with van der Waals surface area (Å²) in [6.45, 7) is 3.90. The number of aryl methyl sites for hydroxylation is 2. The lowest BCUT2D eigenvalue weighted by molar-refractivity contribution is 0.102. The van der Waals surface area contributed by atoms with Crippen molar-refractivity contribution in [2.45, 2.75) is 13.8 Å². The second-order valence-corrected chi connectivity index (χ2v) is 5.93. The van der Waals surface area contributed by atoms with E-state index in [1.54, 1.807) is 18.2 Å². The average molecular weight is 327 g/mol. The Morgan fingerprint density at radius 2 is 1.83 bits per heavy atom. The van der Waals surface area contributed by atoms with E-state index in [1.165, 1.54) is 6.20 Å². The number of benzene rings is 2. The minimum Gasteiger partial charge on any atom is -0.359 e. The molecule has 116 valence electrons. The van der Waals surface area contributed by atoms with Crippen LogP contribution < -0.4 is 10.7 Å². The number of amides is 1. The molecule has 23 heavy (non-hydrogen) atoms. The normalized spacial score (nSPS) is 10.7. The molecule has 2 aromatic carbocycles. The molecule has 1 heterocycles. The van der Waals surface area contributed by atoms with Gasteiger partial charge in [-0.3, -0.25) is 9.59 Å². The summed E-state index contributed by atoms with van der Waals surface area (Å²) in [6, 6.07) is 10.8. The van der Waals surface area contributed by atoms with Gasteiger partial charge in [0.25, 0.3) is 5.91 Å². The number of aromatic nitrogens is 1. The van der Waals surface area contributed by atoms with E-state index in [2.05, 4.69) is 10.3 Å². The highest BCUT2D eigenvalue weighted by molar-refractivity contribution is 6.35.